The van der Waals surface area contributed by atoms with Gasteiger partial charge in [-0.05, 0) is 70.9 Å². The molecule has 1 aromatic carbocycles. The van der Waals surface area contributed by atoms with E-state index in [0.29, 0.717) is 0 Å². The molecule has 2 aromatic rings. The summed E-state index contributed by atoms with van der Waals surface area (Å²) in [6, 6.07) is 6.21. The third-order valence-electron chi connectivity index (χ3n) is 3.00. The SMILES string of the molecule is CC(C)Oc1ccc(CNCCCSc2nnnn2C)cc1Br. The van der Waals surface area contributed by atoms with Gasteiger partial charge in [0.15, 0.2) is 0 Å². The van der Waals surface area contributed by atoms with Crippen molar-refractivity contribution < 1.29 is 4.74 Å². The van der Waals surface area contributed by atoms with Crippen molar-refractivity contribution in [1.29, 1.82) is 0 Å². The summed E-state index contributed by atoms with van der Waals surface area (Å²) in [6.45, 7) is 5.85. The van der Waals surface area contributed by atoms with Crippen molar-refractivity contribution in [1.82, 2.24) is 25.5 Å². The molecule has 8 heteroatoms. The Balaban J connectivity index is 1.66. The Morgan fingerprint density at radius 2 is 2.22 bits per heavy atom. The largest absolute Gasteiger partial charge is 0.490 e. The van der Waals surface area contributed by atoms with Gasteiger partial charge in [-0.25, -0.2) is 4.68 Å². The van der Waals surface area contributed by atoms with Crippen LogP contribution in [-0.4, -0.2) is 38.6 Å². The third kappa shape index (κ3) is 6.12. The molecule has 0 unspecified atom stereocenters. The average molecular weight is 400 g/mol. The van der Waals surface area contributed by atoms with Gasteiger partial charge in [0, 0.05) is 19.3 Å². The quantitative estimate of drug-likeness (QED) is 0.516. The van der Waals surface area contributed by atoms with Crippen LogP contribution in [0.1, 0.15) is 25.8 Å². The van der Waals surface area contributed by atoms with Gasteiger partial charge in [-0.3, -0.25) is 0 Å². The molecule has 0 atom stereocenters. The molecule has 0 aliphatic rings. The molecule has 1 N–H and O–H groups in total. The van der Waals surface area contributed by atoms with Crippen LogP contribution in [0, 0.1) is 0 Å². The van der Waals surface area contributed by atoms with Gasteiger partial charge in [-0.15, -0.1) is 5.10 Å². The zero-order valence-electron chi connectivity index (χ0n) is 13.6. The highest BCUT2D eigenvalue weighted by Crippen LogP contribution is 2.26. The maximum Gasteiger partial charge on any atom is 0.209 e. The molecule has 1 aromatic heterocycles. The summed E-state index contributed by atoms with van der Waals surface area (Å²) >= 11 is 5.23. The Kier molecular flexibility index (Phi) is 7.32. The second-order valence-corrected chi connectivity index (χ2v) is 7.31. The lowest BCUT2D eigenvalue weighted by Crippen LogP contribution is -2.15. The number of tetrazole rings is 1. The second kappa shape index (κ2) is 9.24. The number of aryl methyl sites for hydroxylation is 1. The van der Waals surface area contributed by atoms with Gasteiger partial charge in [0.2, 0.25) is 5.16 Å². The number of ether oxygens (including phenoxy) is 1. The van der Waals surface area contributed by atoms with Crippen molar-refractivity contribution >= 4 is 27.7 Å². The van der Waals surface area contributed by atoms with Crippen LogP contribution in [0.4, 0.5) is 0 Å². The molecular formula is C15H22BrN5OS. The highest BCUT2D eigenvalue weighted by Gasteiger charge is 2.05. The van der Waals surface area contributed by atoms with E-state index in [2.05, 4.69) is 48.9 Å². The van der Waals surface area contributed by atoms with Gasteiger partial charge in [0.1, 0.15) is 5.75 Å². The maximum atomic E-state index is 5.71. The fraction of sp³-hybridized carbons (Fsp3) is 0.533. The molecule has 0 aliphatic heterocycles. The van der Waals surface area contributed by atoms with E-state index in [0.717, 1.165) is 40.6 Å². The molecule has 0 spiro atoms. The zero-order chi connectivity index (χ0) is 16.7. The van der Waals surface area contributed by atoms with E-state index in [1.807, 2.05) is 27.0 Å². The first-order chi connectivity index (χ1) is 11.1. The minimum absolute atomic E-state index is 0.178. The number of aromatic nitrogens is 4. The van der Waals surface area contributed by atoms with Crippen LogP contribution in [0.3, 0.4) is 0 Å². The van der Waals surface area contributed by atoms with Crippen LogP contribution >= 0.6 is 27.7 Å². The maximum absolute atomic E-state index is 5.71. The first kappa shape index (κ1) is 18.2. The molecule has 126 valence electrons. The van der Waals surface area contributed by atoms with Crippen molar-refractivity contribution in [2.75, 3.05) is 12.3 Å². The topological polar surface area (TPSA) is 64.9 Å². The molecule has 1 heterocycles. The molecule has 2 rings (SSSR count). The highest BCUT2D eigenvalue weighted by molar-refractivity contribution is 9.10. The standard InChI is InChI=1S/C15H22BrN5OS/c1-11(2)22-14-6-5-12(9-13(14)16)10-17-7-4-8-23-15-18-19-20-21(15)3/h5-6,9,11,17H,4,7-8,10H2,1-3H3. The van der Waals surface area contributed by atoms with E-state index in [9.17, 15) is 0 Å². The number of thioether (sulfide) groups is 1. The van der Waals surface area contributed by atoms with E-state index < -0.39 is 0 Å². The molecule has 0 bridgehead atoms. The minimum atomic E-state index is 0.178. The first-order valence-corrected chi connectivity index (χ1v) is 9.35. The molecule has 0 saturated heterocycles. The van der Waals surface area contributed by atoms with Crippen LogP contribution in [-0.2, 0) is 13.6 Å². The van der Waals surface area contributed by atoms with Crippen LogP contribution in [0.5, 0.6) is 5.75 Å². The summed E-state index contributed by atoms with van der Waals surface area (Å²) in [6.07, 6.45) is 1.24. The van der Waals surface area contributed by atoms with Crippen molar-refractivity contribution in [2.45, 2.75) is 38.1 Å². The van der Waals surface area contributed by atoms with Gasteiger partial charge in [-0.1, -0.05) is 17.8 Å². The predicted molar refractivity (Wildman–Crippen MR) is 95.8 cm³/mol. The lowest BCUT2D eigenvalue weighted by atomic mass is 10.2. The Labute approximate surface area is 149 Å². The smallest absolute Gasteiger partial charge is 0.209 e. The van der Waals surface area contributed by atoms with Crippen LogP contribution in [0.25, 0.3) is 0 Å². The molecule has 0 saturated carbocycles. The minimum Gasteiger partial charge on any atom is -0.490 e. The van der Waals surface area contributed by atoms with E-state index in [1.165, 1.54) is 5.56 Å². The summed E-state index contributed by atoms with van der Waals surface area (Å²) in [7, 11) is 1.85. The Hall–Kier alpha value is -1.12. The number of benzene rings is 1. The summed E-state index contributed by atoms with van der Waals surface area (Å²) < 4.78 is 8.40. The number of nitrogens with zero attached hydrogens (tertiary/aromatic N) is 4. The Bertz CT molecular complexity index is 620. The van der Waals surface area contributed by atoms with E-state index in [1.54, 1.807) is 16.4 Å². The lowest BCUT2D eigenvalue weighted by molar-refractivity contribution is 0.241. The summed E-state index contributed by atoms with van der Waals surface area (Å²) in [5, 5.41) is 15.7. The zero-order valence-corrected chi connectivity index (χ0v) is 16.0. The molecule has 0 radical (unpaired) electrons. The second-order valence-electron chi connectivity index (χ2n) is 5.40. The van der Waals surface area contributed by atoms with Crippen molar-refractivity contribution in [3.05, 3.63) is 28.2 Å². The molecular weight excluding hydrogens is 378 g/mol. The highest BCUT2D eigenvalue weighted by atomic mass is 79.9. The van der Waals surface area contributed by atoms with Gasteiger partial charge in [-0.2, -0.15) is 0 Å². The van der Waals surface area contributed by atoms with Gasteiger partial charge >= 0.3 is 0 Å². The molecule has 6 nitrogen and oxygen atoms in total. The van der Waals surface area contributed by atoms with E-state index in [4.69, 9.17) is 4.74 Å². The summed E-state index contributed by atoms with van der Waals surface area (Å²) in [5.74, 6) is 1.88. The first-order valence-electron chi connectivity index (χ1n) is 7.57. The fourth-order valence-corrected chi connectivity index (χ4v) is 3.25. The lowest BCUT2D eigenvalue weighted by Gasteiger charge is -2.12. The monoisotopic (exact) mass is 399 g/mol. The summed E-state index contributed by atoms with van der Waals surface area (Å²) in [5.41, 5.74) is 1.23. The number of rotatable bonds is 9. The Morgan fingerprint density at radius 1 is 1.39 bits per heavy atom. The number of hydrogen-bond acceptors (Lipinski definition) is 6. The van der Waals surface area contributed by atoms with Crippen LogP contribution in [0.15, 0.2) is 27.8 Å². The van der Waals surface area contributed by atoms with Crippen molar-refractivity contribution in [3.63, 3.8) is 0 Å². The van der Waals surface area contributed by atoms with E-state index >= 15 is 0 Å². The van der Waals surface area contributed by atoms with Gasteiger partial charge in [0.05, 0.1) is 10.6 Å². The number of hydrogen-bond donors (Lipinski definition) is 1. The normalized spacial score (nSPS) is 11.2. The third-order valence-corrected chi connectivity index (χ3v) is 4.71. The fourth-order valence-electron chi connectivity index (χ4n) is 1.94. The summed E-state index contributed by atoms with van der Waals surface area (Å²) in [4.78, 5) is 0. The van der Waals surface area contributed by atoms with Crippen molar-refractivity contribution in [2.24, 2.45) is 7.05 Å². The van der Waals surface area contributed by atoms with Gasteiger partial charge in [0.25, 0.3) is 0 Å². The van der Waals surface area contributed by atoms with Crippen molar-refractivity contribution in [3.8, 4) is 5.75 Å². The number of nitrogens with one attached hydrogen (secondary N) is 1. The molecule has 0 fully saturated rings. The van der Waals surface area contributed by atoms with Crippen LogP contribution < -0.4 is 10.1 Å². The average Bonchev–Trinajstić information content (AvgIpc) is 2.90. The Morgan fingerprint density at radius 3 is 2.87 bits per heavy atom. The van der Waals surface area contributed by atoms with E-state index in [-0.39, 0.29) is 6.10 Å². The molecule has 0 aliphatic carbocycles. The van der Waals surface area contributed by atoms with Gasteiger partial charge < -0.3 is 10.1 Å². The molecule has 23 heavy (non-hydrogen) atoms. The molecule has 0 amide bonds. The number of halogens is 1. The predicted octanol–water partition coefficient (Wildman–Crippen LogP) is 3.03. The van der Waals surface area contributed by atoms with Crippen LogP contribution in [0.2, 0.25) is 0 Å².